The quantitative estimate of drug-likeness (QED) is 0.692. The van der Waals surface area contributed by atoms with Gasteiger partial charge in [-0.05, 0) is 0 Å². The molecule has 0 N–H and O–H groups in total. The van der Waals surface area contributed by atoms with Gasteiger partial charge in [0.25, 0.3) is 0 Å². The van der Waals surface area contributed by atoms with E-state index in [2.05, 4.69) is 65.9 Å². The van der Waals surface area contributed by atoms with Crippen molar-refractivity contribution in [1.29, 1.82) is 0 Å². The Hall–Kier alpha value is 0.466. The molecule has 1 aromatic carbocycles. The molecule has 0 aliphatic carbocycles. The molecule has 1 rings (SSSR count). The van der Waals surface area contributed by atoms with Crippen LogP contribution in [0, 0.1) is 5.92 Å². The van der Waals surface area contributed by atoms with E-state index in [1.807, 2.05) is 0 Å². The van der Waals surface area contributed by atoms with Crippen molar-refractivity contribution in [3.8, 4) is 0 Å². The Kier molecular flexibility index (Phi) is 7.98. The zero-order chi connectivity index (χ0) is 9.68. The molecular weight excluding hydrogens is 248 g/mol. The maximum absolute atomic E-state index is 2.30. The van der Waals surface area contributed by atoms with Crippen LogP contribution in [-0.2, 0) is 0 Å². The molecule has 0 amide bonds. The molecule has 0 aromatic heterocycles. The molecular formula is C12H17BrMg. The van der Waals surface area contributed by atoms with Crippen LogP contribution in [0.15, 0.2) is 30.3 Å². The second-order valence-electron chi connectivity index (χ2n) is 4.03. The molecule has 1 unspecified atom stereocenters. The van der Waals surface area contributed by atoms with Gasteiger partial charge < -0.3 is 17.0 Å². The van der Waals surface area contributed by atoms with Crippen LogP contribution >= 0.6 is 0 Å². The number of rotatable bonds is 4. The summed E-state index contributed by atoms with van der Waals surface area (Å²) in [6, 6.07) is 10.9. The van der Waals surface area contributed by atoms with Crippen molar-refractivity contribution in [2.24, 2.45) is 5.92 Å². The first-order chi connectivity index (χ1) is 6.24. The van der Waals surface area contributed by atoms with Crippen LogP contribution < -0.4 is 17.0 Å². The minimum Gasteiger partial charge on any atom is -1.00 e. The van der Waals surface area contributed by atoms with E-state index in [0.717, 1.165) is 11.8 Å². The summed E-state index contributed by atoms with van der Waals surface area (Å²) >= 11 is 2.08. The summed E-state index contributed by atoms with van der Waals surface area (Å²) in [5.74, 6) is 1.56. The number of halogens is 1. The van der Waals surface area contributed by atoms with E-state index in [1.54, 1.807) is 0 Å². The van der Waals surface area contributed by atoms with Gasteiger partial charge in [-0.25, -0.2) is 0 Å². The predicted octanol–water partition coefficient (Wildman–Crippen LogP) is 0.407. The monoisotopic (exact) mass is 264 g/mol. The largest absolute Gasteiger partial charge is 1.00 e. The molecule has 1 aromatic rings. The zero-order valence-corrected chi connectivity index (χ0v) is 12.0. The fourth-order valence-corrected chi connectivity index (χ4v) is 2.28. The fraction of sp³-hybridized carbons (Fsp3) is 0.500. The molecule has 0 aliphatic rings. The molecule has 0 spiro atoms. The van der Waals surface area contributed by atoms with Gasteiger partial charge >= 0.3 is 94.3 Å². The molecule has 0 saturated heterocycles. The molecule has 0 radical (unpaired) electrons. The Labute approximate surface area is 111 Å². The molecule has 0 fully saturated rings. The van der Waals surface area contributed by atoms with E-state index < -0.39 is 0 Å². The van der Waals surface area contributed by atoms with Crippen molar-refractivity contribution >= 4 is 21.7 Å². The maximum atomic E-state index is 2.30. The van der Waals surface area contributed by atoms with Gasteiger partial charge in [-0.15, -0.1) is 0 Å². The van der Waals surface area contributed by atoms with Crippen molar-refractivity contribution in [2.45, 2.75) is 30.7 Å². The number of hydrogen-bond acceptors (Lipinski definition) is 0. The average Bonchev–Trinajstić information content (AvgIpc) is 2.15. The molecule has 0 saturated carbocycles. The number of hydrogen-bond donors (Lipinski definition) is 0. The first-order valence-electron chi connectivity index (χ1n) is 5.08. The van der Waals surface area contributed by atoms with Crippen LogP contribution in [0.4, 0.5) is 0 Å². The molecule has 74 valence electrons. The first-order valence-corrected chi connectivity index (χ1v) is 6.08. The van der Waals surface area contributed by atoms with Gasteiger partial charge in [0.2, 0.25) is 0 Å². The van der Waals surface area contributed by atoms with Gasteiger partial charge in [0.15, 0.2) is 0 Å². The molecule has 0 aliphatic heterocycles. The third-order valence-corrected chi connectivity index (χ3v) is 3.07. The van der Waals surface area contributed by atoms with E-state index in [4.69, 9.17) is 0 Å². The van der Waals surface area contributed by atoms with Crippen LogP contribution in [-0.4, -0.2) is 21.7 Å². The minimum atomic E-state index is 0. The molecule has 0 nitrogen and oxygen atoms in total. The summed E-state index contributed by atoms with van der Waals surface area (Å²) in [5, 5.41) is 0. The summed E-state index contributed by atoms with van der Waals surface area (Å²) < 4.78 is 1.28. The van der Waals surface area contributed by atoms with Crippen LogP contribution in [0.25, 0.3) is 0 Å². The smallest absolute Gasteiger partial charge is 1.00 e. The Balaban J connectivity index is 0.00000169. The van der Waals surface area contributed by atoms with Crippen molar-refractivity contribution < 1.29 is 17.0 Å². The van der Waals surface area contributed by atoms with Gasteiger partial charge in [0, 0.05) is 0 Å². The van der Waals surface area contributed by atoms with Gasteiger partial charge in [-0.1, -0.05) is 0 Å². The van der Waals surface area contributed by atoms with Crippen LogP contribution in [0.2, 0.25) is 4.55 Å². The molecule has 2 heteroatoms. The standard InChI is InChI=1S/C12H17.BrH.Mg/c1-10(2)9-11(3)12-7-5-4-6-8-12;;/h4-8,10-11H,3,9H2,1-2H3;1H;/q;;+1/p-1. The van der Waals surface area contributed by atoms with Crippen molar-refractivity contribution in [3.63, 3.8) is 0 Å². The van der Waals surface area contributed by atoms with Crippen LogP contribution in [0.1, 0.15) is 31.7 Å². The summed E-state index contributed by atoms with van der Waals surface area (Å²) in [4.78, 5) is 0. The Morgan fingerprint density at radius 3 is 2.14 bits per heavy atom. The Bertz CT molecular complexity index is 233. The fourth-order valence-electron chi connectivity index (χ4n) is 1.71. The molecule has 14 heavy (non-hydrogen) atoms. The van der Waals surface area contributed by atoms with Crippen molar-refractivity contribution in [2.75, 3.05) is 0 Å². The third-order valence-electron chi connectivity index (χ3n) is 2.38. The van der Waals surface area contributed by atoms with Gasteiger partial charge in [-0.2, -0.15) is 0 Å². The van der Waals surface area contributed by atoms with Crippen LogP contribution in [0.3, 0.4) is 0 Å². The minimum absolute atomic E-state index is 0. The van der Waals surface area contributed by atoms with E-state index in [1.165, 1.54) is 16.5 Å². The Morgan fingerprint density at radius 1 is 1.14 bits per heavy atom. The SMILES string of the molecule is CC(C)CC([CH2][Mg+])c1ccccc1.[Br-]. The van der Waals surface area contributed by atoms with E-state index >= 15 is 0 Å². The van der Waals surface area contributed by atoms with Gasteiger partial charge in [0.05, 0.1) is 0 Å². The second kappa shape index (κ2) is 7.72. The van der Waals surface area contributed by atoms with E-state index in [-0.39, 0.29) is 17.0 Å². The summed E-state index contributed by atoms with van der Waals surface area (Å²) in [6.45, 7) is 4.60. The molecule has 1 atom stereocenters. The summed E-state index contributed by atoms with van der Waals surface area (Å²) in [6.07, 6.45) is 1.31. The van der Waals surface area contributed by atoms with E-state index in [0.29, 0.717) is 0 Å². The van der Waals surface area contributed by atoms with Crippen molar-refractivity contribution in [1.82, 2.24) is 0 Å². The predicted molar refractivity (Wildman–Crippen MR) is 59.2 cm³/mol. The van der Waals surface area contributed by atoms with Gasteiger partial charge in [-0.3, -0.25) is 0 Å². The summed E-state index contributed by atoms with van der Waals surface area (Å²) in [5.41, 5.74) is 1.51. The van der Waals surface area contributed by atoms with E-state index in [9.17, 15) is 0 Å². The molecule has 0 bridgehead atoms. The van der Waals surface area contributed by atoms with Gasteiger partial charge in [0.1, 0.15) is 0 Å². The second-order valence-corrected chi connectivity index (χ2v) is 4.60. The normalized spacial score (nSPS) is 12.4. The van der Waals surface area contributed by atoms with Crippen LogP contribution in [0.5, 0.6) is 0 Å². The first kappa shape index (κ1) is 14.5. The summed E-state index contributed by atoms with van der Waals surface area (Å²) in [7, 11) is 0. The maximum Gasteiger partial charge on any atom is -1.00 e. The third kappa shape index (κ3) is 4.81. The topological polar surface area (TPSA) is 0 Å². The number of benzene rings is 1. The average molecular weight is 265 g/mol. The zero-order valence-electron chi connectivity index (χ0n) is 9.04. The Morgan fingerprint density at radius 2 is 1.71 bits per heavy atom. The van der Waals surface area contributed by atoms with Crippen molar-refractivity contribution in [3.05, 3.63) is 35.9 Å². The molecule has 0 heterocycles.